The van der Waals surface area contributed by atoms with Gasteiger partial charge in [-0.15, -0.1) is 0 Å². The lowest BCUT2D eigenvalue weighted by molar-refractivity contribution is 0.375. The first-order valence-electron chi connectivity index (χ1n) is 4.40. The van der Waals surface area contributed by atoms with Gasteiger partial charge in [-0.05, 0) is 25.5 Å². The van der Waals surface area contributed by atoms with E-state index in [1.807, 2.05) is 26.0 Å². The van der Waals surface area contributed by atoms with Gasteiger partial charge in [-0.1, -0.05) is 6.92 Å². The number of nitrogens with two attached hydrogens (primary N) is 1. The summed E-state index contributed by atoms with van der Waals surface area (Å²) in [5.41, 5.74) is 6.48. The minimum absolute atomic E-state index is 0.410. The van der Waals surface area contributed by atoms with Crippen LogP contribution in [0.4, 0.5) is 0 Å². The molecule has 0 radical (unpaired) electrons. The highest BCUT2D eigenvalue weighted by Gasteiger charge is 2.23. The second-order valence-electron chi connectivity index (χ2n) is 3.33. The lowest BCUT2D eigenvalue weighted by atomic mass is 9.95. The molecule has 0 amide bonds. The zero-order valence-electron chi connectivity index (χ0n) is 8.37. The van der Waals surface area contributed by atoms with Crippen LogP contribution in [0.3, 0.4) is 0 Å². The molecule has 0 aliphatic rings. The minimum Gasteiger partial charge on any atom is -0.495 e. The molecule has 0 aliphatic heterocycles. The third kappa shape index (κ3) is 1.98. The Hall–Kier alpha value is -1.09. The molecular weight excluding hydrogens is 164 g/mol. The van der Waals surface area contributed by atoms with Crippen LogP contribution in [0.25, 0.3) is 0 Å². The molecule has 0 aliphatic carbocycles. The third-order valence-electron chi connectivity index (χ3n) is 2.27. The highest BCUT2D eigenvalue weighted by atomic mass is 16.5. The molecule has 1 heterocycles. The zero-order valence-corrected chi connectivity index (χ0v) is 8.37. The molecule has 1 rings (SSSR count). The highest BCUT2D eigenvalue weighted by Crippen LogP contribution is 2.27. The molecule has 0 spiro atoms. The Morgan fingerprint density at radius 1 is 1.62 bits per heavy atom. The summed E-state index contributed by atoms with van der Waals surface area (Å²) < 4.78 is 5.19. The van der Waals surface area contributed by atoms with Gasteiger partial charge in [-0.25, -0.2) is 0 Å². The number of hydrogen-bond acceptors (Lipinski definition) is 3. The maximum absolute atomic E-state index is 6.07. The van der Waals surface area contributed by atoms with Crippen LogP contribution in [0.1, 0.15) is 26.0 Å². The van der Waals surface area contributed by atoms with Crippen LogP contribution >= 0.6 is 0 Å². The Morgan fingerprint density at radius 3 is 2.85 bits per heavy atom. The molecule has 0 saturated heterocycles. The van der Waals surface area contributed by atoms with E-state index >= 15 is 0 Å². The maximum Gasteiger partial charge on any atom is 0.142 e. The topological polar surface area (TPSA) is 48.1 Å². The van der Waals surface area contributed by atoms with E-state index < -0.39 is 5.54 Å². The monoisotopic (exact) mass is 180 g/mol. The average molecular weight is 180 g/mol. The molecule has 0 aromatic carbocycles. The molecule has 0 bridgehead atoms. The van der Waals surface area contributed by atoms with Crippen LogP contribution < -0.4 is 10.5 Å². The molecule has 3 nitrogen and oxygen atoms in total. The molecule has 0 saturated carbocycles. The number of hydrogen-bond donors (Lipinski definition) is 1. The Labute approximate surface area is 78.9 Å². The van der Waals surface area contributed by atoms with Crippen LogP contribution in [0.2, 0.25) is 0 Å². The summed E-state index contributed by atoms with van der Waals surface area (Å²) in [6.07, 6.45) is 2.57. The van der Waals surface area contributed by atoms with E-state index in [-0.39, 0.29) is 0 Å². The van der Waals surface area contributed by atoms with Gasteiger partial charge in [-0.3, -0.25) is 4.98 Å². The Bertz CT molecular complexity index is 284. The van der Waals surface area contributed by atoms with Crippen molar-refractivity contribution in [3.05, 3.63) is 24.0 Å². The van der Waals surface area contributed by atoms with E-state index in [4.69, 9.17) is 10.5 Å². The standard InChI is InChI=1S/C10H16N2O/c1-4-10(2,11)9-8(13-3)6-5-7-12-9/h5-7H,4,11H2,1-3H3. The Kier molecular flexibility index (Phi) is 2.88. The van der Waals surface area contributed by atoms with Crippen molar-refractivity contribution < 1.29 is 4.74 Å². The lowest BCUT2D eigenvalue weighted by Gasteiger charge is -2.23. The van der Waals surface area contributed by atoms with E-state index in [0.29, 0.717) is 0 Å². The van der Waals surface area contributed by atoms with Crippen molar-refractivity contribution >= 4 is 0 Å². The van der Waals surface area contributed by atoms with Gasteiger partial charge in [0.1, 0.15) is 11.4 Å². The van der Waals surface area contributed by atoms with Gasteiger partial charge in [0.2, 0.25) is 0 Å². The molecule has 13 heavy (non-hydrogen) atoms. The van der Waals surface area contributed by atoms with Crippen molar-refractivity contribution in [2.75, 3.05) is 7.11 Å². The second kappa shape index (κ2) is 3.75. The van der Waals surface area contributed by atoms with E-state index in [2.05, 4.69) is 4.98 Å². The van der Waals surface area contributed by atoms with E-state index in [1.54, 1.807) is 13.3 Å². The quantitative estimate of drug-likeness (QED) is 0.769. The highest BCUT2D eigenvalue weighted by molar-refractivity contribution is 5.32. The summed E-state index contributed by atoms with van der Waals surface area (Å²) >= 11 is 0. The van der Waals surface area contributed by atoms with Crippen LogP contribution in [-0.4, -0.2) is 12.1 Å². The maximum atomic E-state index is 6.07. The number of rotatable bonds is 3. The number of methoxy groups -OCH3 is 1. The number of pyridine rings is 1. The second-order valence-corrected chi connectivity index (χ2v) is 3.33. The number of ether oxygens (including phenoxy) is 1. The SMILES string of the molecule is CCC(C)(N)c1ncccc1OC. The fourth-order valence-corrected chi connectivity index (χ4v) is 1.15. The Morgan fingerprint density at radius 2 is 2.31 bits per heavy atom. The molecule has 2 N–H and O–H groups in total. The van der Waals surface area contributed by atoms with Crippen molar-refractivity contribution in [1.29, 1.82) is 0 Å². The summed E-state index contributed by atoms with van der Waals surface area (Å²) in [6.45, 7) is 3.99. The zero-order chi connectivity index (χ0) is 9.90. The van der Waals surface area contributed by atoms with Crippen LogP contribution in [0.5, 0.6) is 5.75 Å². The molecule has 72 valence electrons. The van der Waals surface area contributed by atoms with Crippen LogP contribution in [0, 0.1) is 0 Å². The van der Waals surface area contributed by atoms with Gasteiger partial charge in [-0.2, -0.15) is 0 Å². The van der Waals surface area contributed by atoms with Crippen molar-refractivity contribution in [1.82, 2.24) is 4.98 Å². The third-order valence-corrected chi connectivity index (χ3v) is 2.27. The molecule has 1 unspecified atom stereocenters. The van der Waals surface area contributed by atoms with E-state index in [1.165, 1.54) is 0 Å². The minimum atomic E-state index is -0.410. The van der Waals surface area contributed by atoms with Gasteiger partial charge in [0.15, 0.2) is 0 Å². The number of nitrogens with zero attached hydrogens (tertiary/aromatic N) is 1. The summed E-state index contributed by atoms with van der Waals surface area (Å²) in [5.74, 6) is 0.759. The summed E-state index contributed by atoms with van der Waals surface area (Å²) in [4.78, 5) is 4.24. The summed E-state index contributed by atoms with van der Waals surface area (Å²) in [7, 11) is 1.63. The summed E-state index contributed by atoms with van der Waals surface area (Å²) in [6, 6.07) is 3.72. The smallest absolute Gasteiger partial charge is 0.142 e. The average Bonchev–Trinajstić information content (AvgIpc) is 2.18. The molecular formula is C10H16N2O. The van der Waals surface area contributed by atoms with Gasteiger partial charge >= 0.3 is 0 Å². The van der Waals surface area contributed by atoms with Crippen molar-refractivity contribution in [2.24, 2.45) is 5.73 Å². The predicted molar refractivity (Wildman–Crippen MR) is 52.6 cm³/mol. The summed E-state index contributed by atoms with van der Waals surface area (Å²) in [5, 5.41) is 0. The molecule has 0 fully saturated rings. The number of aromatic nitrogens is 1. The molecule has 1 aromatic rings. The normalized spacial score (nSPS) is 15.1. The first-order chi connectivity index (χ1) is 6.11. The predicted octanol–water partition coefficient (Wildman–Crippen LogP) is 1.67. The largest absolute Gasteiger partial charge is 0.495 e. The van der Waals surface area contributed by atoms with E-state index in [0.717, 1.165) is 17.9 Å². The van der Waals surface area contributed by atoms with Gasteiger partial charge in [0.25, 0.3) is 0 Å². The van der Waals surface area contributed by atoms with Crippen molar-refractivity contribution in [3.63, 3.8) is 0 Å². The first kappa shape index (κ1) is 9.99. The molecule has 3 heteroatoms. The fourth-order valence-electron chi connectivity index (χ4n) is 1.15. The first-order valence-corrected chi connectivity index (χ1v) is 4.40. The van der Waals surface area contributed by atoms with Crippen molar-refractivity contribution in [2.45, 2.75) is 25.8 Å². The van der Waals surface area contributed by atoms with E-state index in [9.17, 15) is 0 Å². The molecule has 1 atom stereocenters. The van der Waals surface area contributed by atoms with Crippen LogP contribution in [0.15, 0.2) is 18.3 Å². The fraction of sp³-hybridized carbons (Fsp3) is 0.500. The Balaban J connectivity index is 3.12. The van der Waals surface area contributed by atoms with Crippen LogP contribution in [-0.2, 0) is 5.54 Å². The van der Waals surface area contributed by atoms with Gasteiger partial charge in [0.05, 0.1) is 12.6 Å². The van der Waals surface area contributed by atoms with Gasteiger partial charge < -0.3 is 10.5 Å². The van der Waals surface area contributed by atoms with Crippen molar-refractivity contribution in [3.8, 4) is 5.75 Å². The molecule has 1 aromatic heterocycles. The van der Waals surface area contributed by atoms with Gasteiger partial charge in [0, 0.05) is 6.20 Å². The lowest BCUT2D eigenvalue weighted by Crippen LogP contribution is -2.33.